The molecule has 1 fully saturated rings. The smallest absolute Gasteiger partial charge is 0.229 e. The first-order chi connectivity index (χ1) is 13.6. The van der Waals surface area contributed by atoms with Gasteiger partial charge < -0.3 is 15.0 Å². The van der Waals surface area contributed by atoms with Crippen LogP contribution in [0.15, 0.2) is 53.0 Å². The number of anilines is 2. The lowest BCUT2D eigenvalue weighted by Crippen LogP contribution is -2.28. The molecule has 1 aliphatic heterocycles. The monoisotopic (exact) mass is 444 g/mol. The standard InChI is InChI=1S/C22H25BrN2O3/c1-2-3-4-13-28-20-11-7-18(8-12-20)24-22(27)16-14-21(26)25(15-16)19-9-5-17(23)6-10-19/h5-12,16H,2-4,13-15H2,1H3,(H,24,27). The van der Waals surface area contributed by atoms with Crippen molar-refractivity contribution in [2.24, 2.45) is 5.92 Å². The fraction of sp³-hybridized carbons (Fsp3) is 0.364. The molecule has 2 aromatic carbocycles. The van der Waals surface area contributed by atoms with Crippen molar-refractivity contribution in [3.8, 4) is 5.75 Å². The van der Waals surface area contributed by atoms with Crippen molar-refractivity contribution in [2.75, 3.05) is 23.4 Å². The first-order valence-electron chi connectivity index (χ1n) is 9.66. The third-order valence-electron chi connectivity index (χ3n) is 4.77. The van der Waals surface area contributed by atoms with Crippen LogP contribution in [0.1, 0.15) is 32.6 Å². The largest absolute Gasteiger partial charge is 0.494 e. The van der Waals surface area contributed by atoms with E-state index >= 15 is 0 Å². The molecule has 0 bridgehead atoms. The normalized spacial score (nSPS) is 16.3. The van der Waals surface area contributed by atoms with E-state index in [0.717, 1.165) is 35.2 Å². The van der Waals surface area contributed by atoms with Gasteiger partial charge in [0.25, 0.3) is 0 Å². The summed E-state index contributed by atoms with van der Waals surface area (Å²) < 4.78 is 6.64. The van der Waals surface area contributed by atoms with E-state index in [9.17, 15) is 9.59 Å². The highest BCUT2D eigenvalue weighted by atomic mass is 79.9. The van der Waals surface area contributed by atoms with Crippen LogP contribution in [0.2, 0.25) is 0 Å². The van der Waals surface area contributed by atoms with Crippen molar-refractivity contribution in [3.63, 3.8) is 0 Å². The molecular weight excluding hydrogens is 420 g/mol. The molecule has 2 amide bonds. The van der Waals surface area contributed by atoms with E-state index in [1.807, 2.05) is 48.5 Å². The number of carbonyl (C=O) groups excluding carboxylic acids is 2. The zero-order chi connectivity index (χ0) is 19.9. The summed E-state index contributed by atoms with van der Waals surface area (Å²) >= 11 is 3.39. The van der Waals surface area contributed by atoms with Crippen molar-refractivity contribution < 1.29 is 14.3 Å². The Morgan fingerprint density at radius 3 is 2.54 bits per heavy atom. The molecule has 0 saturated carbocycles. The summed E-state index contributed by atoms with van der Waals surface area (Å²) in [5, 5.41) is 2.91. The van der Waals surface area contributed by atoms with Gasteiger partial charge in [-0.05, 0) is 55.0 Å². The fourth-order valence-corrected chi connectivity index (χ4v) is 3.44. The van der Waals surface area contributed by atoms with Crippen molar-refractivity contribution in [1.82, 2.24) is 0 Å². The van der Waals surface area contributed by atoms with Crippen molar-refractivity contribution in [2.45, 2.75) is 32.6 Å². The topological polar surface area (TPSA) is 58.6 Å². The summed E-state index contributed by atoms with van der Waals surface area (Å²) in [7, 11) is 0. The van der Waals surface area contributed by atoms with Crippen LogP contribution >= 0.6 is 15.9 Å². The van der Waals surface area contributed by atoms with E-state index < -0.39 is 0 Å². The van der Waals surface area contributed by atoms with Crippen LogP contribution in [-0.2, 0) is 9.59 Å². The molecule has 1 heterocycles. The zero-order valence-electron chi connectivity index (χ0n) is 16.0. The number of hydrogen-bond donors (Lipinski definition) is 1. The van der Waals surface area contributed by atoms with E-state index in [4.69, 9.17) is 4.74 Å². The summed E-state index contributed by atoms with van der Waals surface area (Å²) in [5.41, 5.74) is 1.52. The van der Waals surface area contributed by atoms with E-state index in [2.05, 4.69) is 28.2 Å². The summed E-state index contributed by atoms with van der Waals surface area (Å²) in [5.74, 6) is 0.274. The molecule has 5 nitrogen and oxygen atoms in total. The maximum absolute atomic E-state index is 12.6. The van der Waals surface area contributed by atoms with E-state index in [0.29, 0.717) is 18.8 Å². The summed E-state index contributed by atoms with van der Waals surface area (Å²) in [6.07, 6.45) is 3.59. The van der Waals surface area contributed by atoms with Crippen LogP contribution in [0.4, 0.5) is 11.4 Å². The lowest BCUT2D eigenvalue weighted by atomic mass is 10.1. The minimum Gasteiger partial charge on any atom is -0.494 e. The fourth-order valence-electron chi connectivity index (χ4n) is 3.17. The third kappa shape index (κ3) is 5.35. The third-order valence-corrected chi connectivity index (χ3v) is 5.30. The first-order valence-corrected chi connectivity index (χ1v) is 10.5. The van der Waals surface area contributed by atoms with Crippen molar-refractivity contribution in [3.05, 3.63) is 53.0 Å². The predicted molar refractivity (Wildman–Crippen MR) is 115 cm³/mol. The molecule has 0 aliphatic carbocycles. The number of amides is 2. The van der Waals surface area contributed by atoms with E-state index in [-0.39, 0.29) is 24.2 Å². The lowest BCUT2D eigenvalue weighted by Gasteiger charge is -2.17. The van der Waals surface area contributed by atoms with Crippen LogP contribution in [0, 0.1) is 5.92 Å². The second-order valence-corrected chi connectivity index (χ2v) is 7.87. The number of rotatable bonds is 8. The number of benzene rings is 2. The Kier molecular flexibility index (Phi) is 7.09. The highest BCUT2D eigenvalue weighted by molar-refractivity contribution is 9.10. The number of ether oxygens (including phenoxy) is 1. The number of carbonyl (C=O) groups is 2. The van der Waals surface area contributed by atoms with Crippen LogP contribution < -0.4 is 15.0 Å². The molecule has 1 aliphatic rings. The first kappa shape index (κ1) is 20.4. The summed E-state index contributed by atoms with van der Waals surface area (Å²) in [6, 6.07) is 14.9. The summed E-state index contributed by atoms with van der Waals surface area (Å²) in [6.45, 7) is 3.26. The molecule has 1 unspecified atom stereocenters. The molecule has 1 atom stereocenters. The number of nitrogens with one attached hydrogen (secondary N) is 1. The maximum Gasteiger partial charge on any atom is 0.229 e. The molecule has 148 valence electrons. The quantitative estimate of drug-likeness (QED) is 0.582. The van der Waals surface area contributed by atoms with Gasteiger partial charge in [-0.3, -0.25) is 9.59 Å². The van der Waals surface area contributed by atoms with Gasteiger partial charge in [0, 0.05) is 28.8 Å². The van der Waals surface area contributed by atoms with Crippen LogP contribution in [0.3, 0.4) is 0 Å². The minimum absolute atomic E-state index is 0.0294. The second kappa shape index (κ2) is 9.73. The van der Waals surface area contributed by atoms with Gasteiger partial charge in [-0.1, -0.05) is 35.7 Å². The maximum atomic E-state index is 12.6. The van der Waals surface area contributed by atoms with Gasteiger partial charge in [-0.25, -0.2) is 0 Å². The molecule has 6 heteroatoms. The predicted octanol–water partition coefficient (Wildman–Crippen LogP) is 5.01. The minimum atomic E-state index is -0.360. The molecule has 0 spiro atoms. The van der Waals surface area contributed by atoms with Gasteiger partial charge in [-0.15, -0.1) is 0 Å². The lowest BCUT2D eigenvalue weighted by molar-refractivity contribution is -0.122. The van der Waals surface area contributed by atoms with Gasteiger partial charge in [0.05, 0.1) is 12.5 Å². The molecule has 3 rings (SSSR count). The molecule has 1 N–H and O–H groups in total. The molecule has 0 radical (unpaired) electrons. The number of halogens is 1. The number of nitrogens with zero attached hydrogens (tertiary/aromatic N) is 1. The van der Waals surface area contributed by atoms with Gasteiger partial charge in [0.15, 0.2) is 0 Å². The molecule has 0 aromatic heterocycles. The Balaban J connectivity index is 1.53. The average Bonchev–Trinajstić information content (AvgIpc) is 3.09. The van der Waals surface area contributed by atoms with Crippen molar-refractivity contribution in [1.29, 1.82) is 0 Å². The Morgan fingerprint density at radius 2 is 1.86 bits per heavy atom. The second-order valence-electron chi connectivity index (χ2n) is 6.95. The van der Waals surface area contributed by atoms with Gasteiger partial charge in [0.1, 0.15) is 5.75 Å². The SMILES string of the molecule is CCCCCOc1ccc(NC(=O)C2CC(=O)N(c3ccc(Br)cc3)C2)cc1. The average molecular weight is 445 g/mol. The molecule has 2 aromatic rings. The molecule has 1 saturated heterocycles. The summed E-state index contributed by atoms with van der Waals surface area (Å²) in [4.78, 5) is 26.6. The van der Waals surface area contributed by atoms with E-state index in [1.54, 1.807) is 4.90 Å². The Labute approximate surface area is 174 Å². The van der Waals surface area contributed by atoms with Crippen LogP contribution in [0.25, 0.3) is 0 Å². The Morgan fingerprint density at radius 1 is 1.14 bits per heavy atom. The van der Waals surface area contributed by atoms with Gasteiger partial charge in [0.2, 0.25) is 11.8 Å². The number of hydrogen-bond acceptors (Lipinski definition) is 3. The zero-order valence-corrected chi connectivity index (χ0v) is 17.6. The van der Waals surface area contributed by atoms with Crippen molar-refractivity contribution >= 4 is 39.1 Å². The van der Waals surface area contributed by atoms with E-state index in [1.165, 1.54) is 0 Å². The number of unbranched alkanes of at least 4 members (excludes halogenated alkanes) is 2. The Hall–Kier alpha value is -2.34. The van der Waals surface area contributed by atoms with Crippen LogP contribution in [0.5, 0.6) is 5.75 Å². The highest BCUT2D eigenvalue weighted by Gasteiger charge is 2.35. The highest BCUT2D eigenvalue weighted by Crippen LogP contribution is 2.27. The Bertz CT molecular complexity index is 806. The van der Waals surface area contributed by atoms with Gasteiger partial charge >= 0.3 is 0 Å². The van der Waals surface area contributed by atoms with Crippen LogP contribution in [-0.4, -0.2) is 25.0 Å². The van der Waals surface area contributed by atoms with Gasteiger partial charge in [-0.2, -0.15) is 0 Å². The molecular formula is C22H25BrN2O3. The molecule has 28 heavy (non-hydrogen) atoms.